The first-order valence-electron chi connectivity index (χ1n) is 6.28. The van der Waals surface area contributed by atoms with Crippen LogP contribution in [0.5, 0.6) is 0 Å². The van der Waals surface area contributed by atoms with Gasteiger partial charge in [-0.25, -0.2) is 0 Å². The number of nitrogens with one attached hydrogen (secondary N) is 1. The van der Waals surface area contributed by atoms with E-state index in [4.69, 9.17) is 5.11 Å². The average Bonchev–Trinajstić information content (AvgIpc) is 2.21. The van der Waals surface area contributed by atoms with E-state index < -0.39 is 21.7 Å². The minimum absolute atomic E-state index is 0.145. The van der Waals surface area contributed by atoms with Crippen LogP contribution in [0.25, 0.3) is 0 Å². The van der Waals surface area contributed by atoms with E-state index in [1.165, 1.54) is 11.4 Å². The molecule has 0 heterocycles. The molecule has 0 saturated heterocycles. The molecule has 0 amide bonds. The fourth-order valence-electron chi connectivity index (χ4n) is 2.06. The Morgan fingerprint density at radius 2 is 2.06 bits per heavy atom. The lowest BCUT2D eigenvalue weighted by molar-refractivity contribution is -0.139. The standard InChI is InChI=1S/C11H22N2O4S/c1-3-4-8-13(2)18(16,17)12-11(6-5-7-11)9-10(14)15/h12H,3-9H2,1-2H3,(H,14,15). The molecular formula is C11H22N2O4S. The van der Waals surface area contributed by atoms with E-state index in [1.807, 2.05) is 6.92 Å². The van der Waals surface area contributed by atoms with Crippen LogP contribution in [0.3, 0.4) is 0 Å². The van der Waals surface area contributed by atoms with Crippen molar-refractivity contribution in [3.63, 3.8) is 0 Å². The van der Waals surface area contributed by atoms with Crippen molar-refractivity contribution in [3.8, 4) is 0 Å². The Bertz CT molecular complexity index is 390. The second-order valence-corrected chi connectivity index (χ2v) is 6.76. The topological polar surface area (TPSA) is 86.7 Å². The smallest absolute Gasteiger partial charge is 0.305 e. The van der Waals surface area contributed by atoms with E-state index in [0.29, 0.717) is 19.4 Å². The zero-order valence-electron chi connectivity index (χ0n) is 11.0. The number of carbonyl (C=O) groups is 1. The van der Waals surface area contributed by atoms with Crippen LogP contribution in [0.4, 0.5) is 0 Å². The Kier molecular flexibility index (Phi) is 5.12. The molecule has 1 fully saturated rings. The summed E-state index contributed by atoms with van der Waals surface area (Å²) in [5.74, 6) is -0.964. The van der Waals surface area contributed by atoms with Gasteiger partial charge in [0.15, 0.2) is 0 Å². The molecule has 0 unspecified atom stereocenters. The van der Waals surface area contributed by atoms with Gasteiger partial charge in [0.05, 0.1) is 6.42 Å². The molecule has 0 aromatic heterocycles. The van der Waals surface area contributed by atoms with E-state index in [9.17, 15) is 13.2 Å². The van der Waals surface area contributed by atoms with Gasteiger partial charge < -0.3 is 5.11 Å². The number of hydrogen-bond donors (Lipinski definition) is 2. The molecule has 18 heavy (non-hydrogen) atoms. The van der Waals surface area contributed by atoms with Gasteiger partial charge >= 0.3 is 5.97 Å². The van der Waals surface area contributed by atoms with Gasteiger partial charge in [-0.1, -0.05) is 13.3 Å². The number of carboxylic acids is 1. The highest BCUT2D eigenvalue weighted by Crippen LogP contribution is 2.35. The summed E-state index contributed by atoms with van der Waals surface area (Å²) in [5, 5.41) is 8.84. The van der Waals surface area contributed by atoms with Crippen LogP contribution in [-0.2, 0) is 15.0 Å². The molecule has 0 radical (unpaired) electrons. The molecule has 106 valence electrons. The van der Waals surface area contributed by atoms with Gasteiger partial charge in [0.1, 0.15) is 0 Å². The second-order valence-electron chi connectivity index (χ2n) is 4.99. The highest BCUT2D eigenvalue weighted by Gasteiger charge is 2.43. The normalized spacial score (nSPS) is 18.6. The van der Waals surface area contributed by atoms with E-state index >= 15 is 0 Å². The molecule has 0 bridgehead atoms. The van der Waals surface area contributed by atoms with Crippen molar-refractivity contribution in [2.75, 3.05) is 13.6 Å². The second kappa shape index (κ2) is 5.99. The molecule has 1 aliphatic rings. The first-order valence-corrected chi connectivity index (χ1v) is 7.72. The van der Waals surface area contributed by atoms with Crippen LogP contribution in [0, 0.1) is 0 Å². The molecule has 0 aromatic rings. The Labute approximate surface area is 109 Å². The first kappa shape index (κ1) is 15.4. The van der Waals surface area contributed by atoms with E-state index in [0.717, 1.165) is 19.3 Å². The number of aliphatic carboxylic acids is 1. The zero-order chi connectivity index (χ0) is 13.8. The fraction of sp³-hybridized carbons (Fsp3) is 0.909. The Morgan fingerprint density at radius 1 is 1.44 bits per heavy atom. The van der Waals surface area contributed by atoms with Crippen molar-refractivity contribution in [2.45, 2.75) is 51.0 Å². The third-order valence-corrected chi connectivity index (χ3v) is 5.08. The predicted octanol–water partition coefficient (Wildman–Crippen LogP) is 0.950. The maximum atomic E-state index is 12.0. The van der Waals surface area contributed by atoms with Crippen LogP contribution in [-0.4, -0.2) is 42.9 Å². The van der Waals surface area contributed by atoms with Gasteiger partial charge in [-0.2, -0.15) is 17.4 Å². The van der Waals surface area contributed by atoms with Gasteiger partial charge in [0, 0.05) is 19.1 Å². The van der Waals surface area contributed by atoms with Crippen molar-refractivity contribution in [1.82, 2.24) is 9.03 Å². The van der Waals surface area contributed by atoms with Crippen molar-refractivity contribution in [1.29, 1.82) is 0 Å². The SMILES string of the molecule is CCCCN(C)S(=O)(=O)NC1(CC(=O)O)CCC1. The third-order valence-electron chi connectivity index (χ3n) is 3.38. The number of carboxylic acid groups (broad SMARTS) is 1. The monoisotopic (exact) mass is 278 g/mol. The minimum atomic E-state index is -3.58. The molecule has 0 atom stereocenters. The summed E-state index contributed by atoms with van der Waals surface area (Å²) in [6.07, 6.45) is 3.63. The van der Waals surface area contributed by atoms with Crippen LogP contribution in [0.2, 0.25) is 0 Å². The number of nitrogens with zero attached hydrogens (tertiary/aromatic N) is 1. The summed E-state index contributed by atoms with van der Waals surface area (Å²) in [6.45, 7) is 2.45. The van der Waals surface area contributed by atoms with E-state index in [-0.39, 0.29) is 6.42 Å². The van der Waals surface area contributed by atoms with Crippen LogP contribution >= 0.6 is 0 Å². The van der Waals surface area contributed by atoms with Crippen molar-refractivity contribution < 1.29 is 18.3 Å². The molecule has 7 heteroatoms. The molecular weight excluding hydrogens is 256 g/mol. The summed E-state index contributed by atoms with van der Waals surface area (Å²) in [5.41, 5.74) is -0.773. The van der Waals surface area contributed by atoms with Crippen molar-refractivity contribution >= 4 is 16.2 Å². The fourth-order valence-corrected chi connectivity index (χ4v) is 3.41. The van der Waals surface area contributed by atoms with Gasteiger partial charge in [-0.15, -0.1) is 0 Å². The lowest BCUT2D eigenvalue weighted by Crippen LogP contribution is -2.57. The van der Waals surface area contributed by atoms with E-state index in [2.05, 4.69) is 4.72 Å². The molecule has 0 aliphatic heterocycles. The molecule has 2 N–H and O–H groups in total. The summed E-state index contributed by atoms with van der Waals surface area (Å²) >= 11 is 0. The average molecular weight is 278 g/mol. The highest BCUT2D eigenvalue weighted by molar-refractivity contribution is 7.87. The molecule has 6 nitrogen and oxygen atoms in total. The molecule has 0 aromatic carbocycles. The Morgan fingerprint density at radius 3 is 2.44 bits per heavy atom. The van der Waals surface area contributed by atoms with Crippen molar-refractivity contribution in [2.24, 2.45) is 0 Å². The highest BCUT2D eigenvalue weighted by atomic mass is 32.2. The minimum Gasteiger partial charge on any atom is -0.481 e. The predicted molar refractivity (Wildman–Crippen MR) is 68.4 cm³/mol. The van der Waals surface area contributed by atoms with Gasteiger partial charge in [-0.3, -0.25) is 4.79 Å². The molecule has 1 rings (SSSR count). The zero-order valence-corrected chi connectivity index (χ0v) is 11.8. The number of rotatable bonds is 8. The Balaban J connectivity index is 2.65. The van der Waals surface area contributed by atoms with Gasteiger partial charge in [-0.05, 0) is 25.7 Å². The van der Waals surface area contributed by atoms with Crippen LogP contribution < -0.4 is 4.72 Å². The maximum Gasteiger partial charge on any atom is 0.305 e. The molecule has 1 saturated carbocycles. The quantitative estimate of drug-likeness (QED) is 0.692. The summed E-state index contributed by atoms with van der Waals surface area (Å²) < 4.78 is 27.9. The lowest BCUT2D eigenvalue weighted by atomic mass is 9.75. The molecule has 0 spiro atoms. The summed E-state index contributed by atoms with van der Waals surface area (Å²) in [6, 6.07) is 0. The van der Waals surface area contributed by atoms with Crippen molar-refractivity contribution in [3.05, 3.63) is 0 Å². The lowest BCUT2D eigenvalue weighted by Gasteiger charge is -2.41. The number of unbranched alkanes of at least 4 members (excludes halogenated alkanes) is 1. The van der Waals surface area contributed by atoms with Gasteiger partial charge in [0.2, 0.25) is 0 Å². The summed E-state index contributed by atoms with van der Waals surface area (Å²) in [7, 11) is -2.06. The maximum absolute atomic E-state index is 12.0. The first-order chi connectivity index (χ1) is 8.31. The van der Waals surface area contributed by atoms with Crippen LogP contribution in [0.15, 0.2) is 0 Å². The van der Waals surface area contributed by atoms with Crippen LogP contribution in [0.1, 0.15) is 45.4 Å². The number of hydrogen-bond acceptors (Lipinski definition) is 3. The third kappa shape index (κ3) is 3.93. The summed E-state index contributed by atoms with van der Waals surface area (Å²) in [4.78, 5) is 10.8. The molecule has 1 aliphatic carbocycles. The Hall–Kier alpha value is -0.660. The van der Waals surface area contributed by atoms with Gasteiger partial charge in [0.25, 0.3) is 10.2 Å². The largest absolute Gasteiger partial charge is 0.481 e. The van der Waals surface area contributed by atoms with E-state index in [1.54, 1.807) is 0 Å².